The largest absolute Gasteiger partial charge is 0.334 e. The molecule has 0 aliphatic carbocycles. The first-order chi connectivity index (χ1) is 18.4. The summed E-state index contributed by atoms with van der Waals surface area (Å²) in [6.45, 7) is 10.9. The highest BCUT2D eigenvalue weighted by Gasteiger charge is 2.29. The third-order valence-electron chi connectivity index (χ3n) is 6.61. The van der Waals surface area contributed by atoms with Crippen LogP contribution in [0.25, 0.3) is 16.0 Å². The predicted molar refractivity (Wildman–Crippen MR) is 148 cm³/mol. The van der Waals surface area contributed by atoms with Gasteiger partial charge in [0.2, 0.25) is 11.9 Å². The maximum Gasteiger partial charge on any atom is 0.268 e. The summed E-state index contributed by atoms with van der Waals surface area (Å²) in [6.07, 6.45) is 6.24. The van der Waals surface area contributed by atoms with Crippen molar-refractivity contribution >= 4 is 40.1 Å². The van der Waals surface area contributed by atoms with Crippen LogP contribution in [0.4, 0.5) is 5.95 Å². The van der Waals surface area contributed by atoms with Crippen LogP contribution in [0.15, 0.2) is 55.6 Å². The summed E-state index contributed by atoms with van der Waals surface area (Å²) in [7, 11) is 0. The fourth-order valence-electron chi connectivity index (χ4n) is 4.77. The van der Waals surface area contributed by atoms with Crippen LogP contribution in [0, 0.1) is 5.92 Å². The number of nitrogens with zero attached hydrogens (tertiary/aromatic N) is 6. The highest BCUT2D eigenvalue weighted by molar-refractivity contribution is 7.16. The summed E-state index contributed by atoms with van der Waals surface area (Å²) in [5.41, 5.74) is 2.85. The lowest BCUT2D eigenvalue weighted by molar-refractivity contribution is -0.126. The summed E-state index contributed by atoms with van der Waals surface area (Å²) < 4.78 is 3.64. The van der Waals surface area contributed by atoms with Gasteiger partial charge in [0.05, 0.1) is 22.0 Å². The van der Waals surface area contributed by atoms with E-state index in [4.69, 9.17) is 4.98 Å². The average Bonchev–Trinajstić information content (AvgIpc) is 3.70. The molecule has 0 spiro atoms. The van der Waals surface area contributed by atoms with E-state index >= 15 is 0 Å². The van der Waals surface area contributed by atoms with Crippen molar-refractivity contribution in [1.82, 2.24) is 34.5 Å². The third-order valence-corrected chi connectivity index (χ3v) is 7.68. The number of carbonyl (C=O) groups is 2. The van der Waals surface area contributed by atoms with Crippen LogP contribution < -0.4 is 10.6 Å². The SMILES string of the molecule is C=CC(=O)N1CCC[C@@H]1Cn1c(NC(=O)c2ccc(-n3cncn3)s2)nc2cc(CNCC(C)C)ccc21. The molecule has 1 aliphatic rings. The zero-order valence-corrected chi connectivity index (χ0v) is 22.4. The molecule has 5 rings (SSSR count). The molecule has 4 heterocycles. The Morgan fingerprint density at radius 3 is 2.89 bits per heavy atom. The lowest BCUT2D eigenvalue weighted by atomic mass is 10.1. The summed E-state index contributed by atoms with van der Waals surface area (Å²) in [5, 5.41) is 11.4. The van der Waals surface area contributed by atoms with E-state index in [1.54, 1.807) is 17.1 Å². The number of benzene rings is 1. The summed E-state index contributed by atoms with van der Waals surface area (Å²) in [6, 6.07) is 9.80. The van der Waals surface area contributed by atoms with Crippen molar-refractivity contribution < 1.29 is 9.59 Å². The number of imidazole rings is 1. The molecule has 0 radical (unpaired) electrons. The maximum absolute atomic E-state index is 13.3. The molecule has 38 heavy (non-hydrogen) atoms. The van der Waals surface area contributed by atoms with Crippen LogP contribution in [0.1, 0.15) is 41.9 Å². The van der Waals surface area contributed by atoms with Gasteiger partial charge in [0.25, 0.3) is 5.91 Å². The topological polar surface area (TPSA) is 110 Å². The number of rotatable bonds is 10. The molecule has 1 saturated heterocycles. The number of carbonyl (C=O) groups excluding carboxylic acids is 2. The minimum atomic E-state index is -0.248. The van der Waals surface area contributed by atoms with E-state index < -0.39 is 0 Å². The highest BCUT2D eigenvalue weighted by atomic mass is 32.1. The molecule has 10 nitrogen and oxygen atoms in total. The Hall–Kier alpha value is -3.83. The number of nitrogens with one attached hydrogen (secondary N) is 2. The number of thiophene rings is 1. The van der Waals surface area contributed by atoms with Crippen molar-refractivity contribution in [3.63, 3.8) is 0 Å². The Labute approximate surface area is 225 Å². The molecule has 2 amide bonds. The van der Waals surface area contributed by atoms with Crippen molar-refractivity contribution in [3.8, 4) is 5.00 Å². The standard InChI is InChI=1S/C27H32N8O2S/c1-4-24(36)33-11-5-6-20(33)15-34-22-8-7-19(14-28-13-18(2)3)12-21(22)31-27(34)32-26(37)23-9-10-25(38-23)35-17-29-16-30-35/h4,7-10,12,16-18,20,28H,1,5-6,11,13-15H2,2-3H3,(H,31,32,37)/t20-/m1/s1. The first kappa shape index (κ1) is 25.8. The van der Waals surface area contributed by atoms with E-state index in [1.165, 1.54) is 23.7 Å². The number of hydrogen-bond donors (Lipinski definition) is 2. The molecule has 4 aromatic rings. The summed E-state index contributed by atoms with van der Waals surface area (Å²) in [4.78, 5) is 36.9. The van der Waals surface area contributed by atoms with E-state index in [2.05, 4.69) is 53.3 Å². The number of hydrogen-bond acceptors (Lipinski definition) is 7. The van der Waals surface area contributed by atoms with Gasteiger partial charge in [-0.3, -0.25) is 14.9 Å². The van der Waals surface area contributed by atoms with Crippen LogP contribution in [0.5, 0.6) is 0 Å². The second-order valence-electron chi connectivity index (χ2n) is 9.86. The zero-order valence-electron chi connectivity index (χ0n) is 21.6. The smallest absolute Gasteiger partial charge is 0.268 e. The van der Waals surface area contributed by atoms with E-state index in [0.717, 1.165) is 47.5 Å². The molecular formula is C27H32N8O2S. The molecule has 0 unspecified atom stereocenters. The van der Waals surface area contributed by atoms with Gasteiger partial charge in [-0.15, -0.1) is 11.3 Å². The maximum atomic E-state index is 13.3. The number of aromatic nitrogens is 5. The molecule has 1 aromatic carbocycles. The molecule has 198 valence electrons. The first-order valence-corrected chi connectivity index (χ1v) is 13.6. The van der Waals surface area contributed by atoms with Crippen LogP contribution in [0.3, 0.4) is 0 Å². The molecule has 2 N–H and O–H groups in total. The van der Waals surface area contributed by atoms with Gasteiger partial charge < -0.3 is 14.8 Å². The van der Waals surface area contributed by atoms with Gasteiger partial charge in [0.1, 0.15) is 17.7 Å². The Kier molecular flexibility index (Phi) is 7.66. The lowest BCUT2D eigenvalue weighted by Gasteiger charge is -2.24. The van der Waals surface area contributed by atoms with Crippen molar-refractivity contribution in [2.45, 2.75) is 45.8 Å². The van der Waals surface area contributed by atoms with Crippen LogP contribution in [-0.2, 0) is 17.9 Å². The summed E-state index contributed by atoms with van der Waals surface area (Å²) >= 11 is 1.32. The minimum Gasteiger partial charge on any atom is -0.334 e. The Morgan fingerprint density at radius 1 is 1.26 bits per heavy atom. The van der Waals surface area contributed by atoms with Gasteiger partial charge in [-0.05, 0) is 61.2 Å². The molecule has 11 heteroatoms. The van der Waals surface area contributed by atoms with Gasteiger partial charge in [-0.25, -0.2) is 14.6 Å². The van der Waals surface area contributed by atoms with E-state index in [-0.39, 0.29) is 17.9 Å². The second-order valence-corrected chi connectivity index (χ2v) is 10.9. The van der Waals surface area contributed by atoms with Crippen molar-refractivity contribution in [3.05, 3.63) is 66.1 Å². The highest BCUT2D eigenvalue weighted by Crippen LogP contribution is 2.27. The van der Waals surface area contributed by atoms with Crippen LogP contribution >= 0.6 is 11.3 Å². The molecule has 3 aromatic heterocycles. The normalized spacial score (nSPS) is 15.4. The van der Waals surface area contributed by atoms with Gasteiger partial charge >= 0.3 is 0 Å². The average molecular weight is 533 g/mol. The Balaban J connectivity index is 1.44. The fourth-order valence-corrected chi connectivity index (χ4v) is 5.60. The minimum absolute atomic E-state index is 0.00147. The van der Waals surface area contributed by atoms with Gasteiger partial charge in [0.15, 0.2) is 0 Å². The molecule has 0 bridgehead atoms. The quantitative estimate of drug-likeness (QED) is 0.300. The number of anilines is 1. The van der Waals surface area contributed by atoms with Gasteiger partial charge in [0, 0.05) is 19.6 Å². The number of amides is 2. The third kappa shape index (κ3) is 5.53. The van der Waals surface area contributed by atoms with E-state index in [9.17, 15) is 9.59 Å². The van der Waals surface area contributed by atoms with Gasteiger partial charge in [-0.2, -0.15) is 5.10 Å². The number of fused-ring (bicyclic) bond motifs is 1. The van der Waals surface area contributed by atoms with Crippen LogP contribution in [-0.4, -0.2) is 60.2 Å². The van der Waals surface area contributed by atoms with Crippen molar-refractivity contribution in [1.29, 1.82) is 0 Å². The van der Waals surface area contributed by atoms with Crippen molar-refractivity contribution in [2.24, 2.45) is 5.92 Å². The fraction of sp³-hybridized carbons (Fsp3) is 0.370. The lowest BCUT2D eigenvalue weighted by Crippen LogP contribution is -2.37. The first-order valence-electron chi connectivity index (χ1n) is 12.8. The second kappa shape index (κ2) is 11.3. The summed E-state index contributed by atoms with van der Waals surface area (Å²) in [5.74, 6) is 0.711. The Morgan fingerprint density at radius 2 is 2.13 bits per heavy atom. The number of likely N-dealkylation sites (tertiary alicyclic amines) is 1. The van der Waals surface area contributed by atoms with E-state index in [0.29, 0.717) is 29.8 Å². The Bertz CT molecular complexity index is 1440. The van der Waals surface area contributed by atoms with Crippen molar-refractivity contribution in [2.75, 3.05) is 18.4 Å². The van der Waals surface area contributed by atoms with Gasteiger partial charge in [-0.1, -0.05) is 26.5 Å². The van der Waals surface area contributed by atoms with E-state index in [1.807, 2.05) is 21.6 Å². The monoisotopic (exact) mass is 532 g/mol. The molecule has 1 fully saturated rings. The van der Waals surface area contributed by atoms with Crippen LogP contribution in [0.2, 0.25) is 0 Å². The molecule has 1 atom stereocenters. The molecule has 1 aliphatic heterocycles. The predicted octanol–water partition coefficient (Wildman–Crippen LogP) is 3.85. The molecule has 0 saturated carbocycles. The zero-order chi connectivity index (χ0) is 26.6. The molecular weight excluding hydrogens is 500 g/mol.